The van der Waals surface area contributed by atoms with E-state index >= 15 is 0 Å². The van der Waals surface area contributed by atoms with E-state index in [2.05, 4.69) is 55.8 Å². The minimum absolute atomic E-state index is 0.0393. The molecular weight excluding hydrogens is 268 g/mol. The number of hydrogen-bond acceptors (Lipinski definition) is 4. The van der Waals surface area contributed by atoms with Gasteiger partial charge in [0.2, 0.25) is 0 Å². The fraction of sp³-hybridized carbons (Fsp3) is 0.500. The topological polar surface area (TPSA) is 47.3 Å². The molecule has 0 spiro atoms. The standard InChI is InChI=1S/C16H24N2OS/c1-16(2,3)15(19-4)13(18-17)9-11-10-20-14-8-6-5-7-12(11)14/h5-8,10,13,15,18H,9,17H2,1-4H3. The molecule has 0 aliphatic carbocycles. The molecule has 20 heavy (non-hydrogen) atoms. The van der Waals surface area contributed by atoms with Crippen molar-refractivity contribution >= 4 is 21.4 Å². The Morgan fingerprint density at radius 3 is 2.60 bits per heavy atom. The van der Waals surface area contributed by atoms with Gasteiger partial charge in [0.15, 0.2) is 0 Å². The summed E-state index contributed by atoms with van der Waals surface area (Å²) in [5, 5.41) is 3.55. The number of thiophene rings is 1. The number of ether oxygens (including phenoxy) is 1. The van der Waals surface area contributed by atoms with E-state index in [9.17, 15) is 0 Å². The van der Waals surface area contributed by atoms with E-state index in [0.717, 1.165) is 6.42 Å². The van der Waals surface area contributed by atoms with Gasteiger partial charge in [-0.1, -0.05) is 39.0 Å². The molecule has 0 aliphatic heterocycles. The van der Waals surface area contributed by atoms with Crippen molar-refractivity contribution in [2.75, 3.05) is 7.11 Å². The summed E-state index contributed by atoms with van der Waals surface area (Å²) in [5.74, 6) is 5.78. The third-order valence-electron chi connectivity index (χ3n) is 3.69. The number of hydrazine groups is 1. The zero-order valence-corrected chi connectivity index (χ0v) is 13.5. The van der Waals surface area contributed by atoms with Gasteiger partial charge in [-0.05, 0) is 34.2 Å². The maximum absolute atomic E-state index is 5.78. The van der Waals surface area contributed by atoms with Crippen molar-refractivity contribution in [3.63, 3.8) is 0 Å². The fourth-order valence-corrected chi connectivity index (χ4v) is 3.78. The minimum atomic E-state index is 0.0393. The van der Waals surface area contributed by atoms with Crippen LogP contribution in [0.15, 0.2) is 29.6 Å². The van der Waals surface area contributed by atoms with Crippen LogP contribution in [0.25, 0.3) is 10.1 Å². The van der Waals surface area contributed by atoms with E-state index in [-0.39, 0.29) is 17.6 Å². The average molecular weight is 292 g/mol. The third kappa shape index (κ3) is 3.20. The minimum Gasteiger partial charge on any atom is -0.379 e. The smallest absolute Gasteiger partial charge is 0.0789 e. The van der Waals surface area contributed by atoms with Gasteiger partial charge in [-0.25, -0.2) is 0 Å². The highest BCUT2D eigenvalue weighted by molar-refractivity contribution is 7.17. The molecule has 0 aliphatic rings. The van der Waals surface area contributed by atoms with Crippen LogP contribution in [0.2, 0.25) is 0 Å². The molecule has 3 nitrogen and oxygen atoms in total. The van der Waals surface area contributed by atoms with Crippen molar-refractivity contribution < 1.29 is 4.74 Å². The summed E-state index contributed by atoms with van der Waals surface area (Å²) in [6.45, 7) is 6.53. The van der Waals surface area contributed by atoms with Gasteiger partial charge in [0.25, 0.3) is 0 Å². The van der Waals surface area contributed by atoms with Crippen LogP contribution in [0.1, 0.15) is 26.3 Å². The van der Waals surface area contributed by atoms with E-state index in [1.807, 2.05) is 0 Å². The first kappa shape index (κ1) is 15.4. The van der Waals surface area contributed by atoms with E-state index < -0.39 is 0 Å². The molecular formula is C16H24N2OS. The van der Waals surface area contributed by atoms with E-state index in [1.165, 1.54) is 15.6 Å². The largest absolute Gasteiger partial charge is 0.379 e. The van der Waals surface area contributed by atoms with Crippen molar-refractivity contribution in [1.29, 1.82) is 0 Å². The Kier molecular flexibility index (Phi) is 4.81. The molecule has 2 atom stereocenters. The molecule has 1 aromatic heterocycles. The molecule has 4 heteroatoms. The first-order valence-corrected chi connectivity index (χ1v) is 7.79. The quantitative estimate of drug-likeness (QED) is 0.656. The number of hydrogen-bond donors (Lipinski definition) is 2. The van der Waals surface area contributed by atoms with Crippen LogP contribution in [0, 0.1) is 5.41 Å². The Morgan fingerprint density at radius 2 is 2.00 bits per heavy atom. The van der Waals surface area contributed by atoms with Gasteiger partial charge in [-0.15, -0.1) is 11.3 Å². The monoisotopic (exact) mass is 292 g/mol. The Hall–Kier alpha value is -0.940. The normalized spacial score (nSPS) is 15.4. The second kappa shape index (κ2) is 6.22. The summed E-state index contributed by atoms with van der Waals surface area (Å²) in [4.78, 5) is 0. The molecule has 0 radical (unpaired) electrons. The van der Waals surface area contributed by atoms with Gasteiger partial charge in [0, 0.05) is 11.8 Å². The van der Waals surface area contributed by atoms with Crippen LogP contribution in [0.3, 0.4) is 0 Å². The van der Waals surface area contributed by atoms with E-state index in [4.69, 9.17) is 10.6 Å². The summed E-state index contributed by atoms with van der Waals surface area (Å²) >= 11 is 1.78. The summed E-state index contributed by atoms with van der Waals surface area (Å²) in [5.41, 5.74) is 4.31. The predicted molar refractivity (Wildman–Crippen MR) is 86.9 cm³/mol. The Bertz CT molecular complexity index is 559. The molecule has 2 unspecified atom stereocenters. The van der Waals surface area contributed by atoms with Crippen LogP contribution in [0.4, 0.5) is 0 Å². The second-order valence-electron chi connectivity index (χ2n) is 6.26. The molecule has 0 amide bonds. The number of fused-ring (bicyclic) bond motifs is 1. The molecule has 1 aromatic carbocycles. The van der Waals surface area contributed by atoms with Gasteiger partial charge in [0.05, 0.1) is 12.1 Å². The number of nitrogens with two attached hydrogens (primary N) is 1. The highest BCUT2D eigenvalue weighted by Crippen LogP contribution is 2.30. The molecule has 1 heterocycles. The first-order chi connectivity index (χ1) is 9.47. The molecule has 0 bridgehead atoms. The Labute approximate surface area is 125 Å². The van der Waals surface area contributed by atoms with Crippen LogP contribution in [0.5, 0.6) is 0 Å². The first-order valence-electron chi connectivity index (χ1n) is 6.91. The second-order valence-corrected chi connectivity index (χ2v) is 7.17. The van der Waals surface area contributed by atoms with Crippen molar-refractivity contribution in [3.05, 3.63) is 35.2 Å². The van der Waals surface area contributed by atoms with Crippen molar-refractivity contribution in [2.45, 2.75) is 39.3 Å². The molecule has 2 aromatic rings. The number of nitrogens with one attached hydrogen (secondary N) is 1. The number of rotatable bonds is 5. The van der Waals surface area contributed by atoms with Gasteiger partial charge >= 0.3 is 0 Å². The van der Waals surface area contributed by atoms with E-state index in [0.29, 0.717) is 0 Å². The van der Waals surface area contributed by atoms with Gasteiger partial charge in [-0.3, -0.25) is 11.3 Å². The van der Waals surface area contributed by atoms with Gasteiger partial charge < -0.3 is 4.74 Å². The maximum Gasteiger partial charge on any atom is 0.0789 e. The van der Waals surface area contributed by atoms with Crippen LogP contribution in [-0.4, -0.2) is 19.3 Å². The lowest BCUT2D eigenvalue weighted by molar-refractivity contribution is -0.0109. The molecule has 0 saturated carbocycles. The molecule has 110 valence electrons. The number of methoxy groups -OCH3 is 1. The molecule has 2 rings (SSSR count). The summed E-state index contributed by atoms with van der Waals surface area (Å²) in [6, 6.07) is 8.59. The predicted octanol–water partition coefficient (Wildman–Crippen LogP) is 3.34. The maximum atomic E-state index is 5.78. The fourth-order valence-electron chi connectivity index (χ4n) is 2.80. The molecule has 0 saturated heterocycles. The summed E-state index contributed by atoms with van der Waals surface area (Å²) < 4.78 is 7.01. The van der Waals surface area contributed by atoms with Gasteiger partial charge in [-0.2, -0.15) is 0 Å². The highest BCUT2D eigenvalue weighted by Gasteiger charge is 2.32. The van der Waals surface area contributed by atoms with Crippen molar-refractivity contribution in [1.82, 2.24) is 5.43 Å². The van der Waals surface area contributed by atoms with Crippen LogP contribution in [-0.2, 0) is 11.2 Å². The number of benzene rings is 1. The summed E-state index contributed by atoms with van der Waals surface area (Å²) in [6.07, 6.45) is 0.933. The Morgan fingerprint density at radius 1 is 1.30 bits per heavy atom. The van der Waals surface area contributed by atoms with Crippen molar-refractivity contribution in [2.24, 2.45) is 11.3 Å². The Balaban J connectivity index is 2.26. The lowest BCUT2D eigenvalue weighted by Gasteiger charge is -2.35. The van der Waals surface area contributed by atoms with Gasteiger partial charge in [0.1, 0.15) is 0 Å². The van der Waals surface area contributed by atoms with Crippen LogP contribution < -0.4 is 11.3 Å². The SMILES string of the molecule is COC(C(Cc1csc2ccccc12)NN)C(C)(C)C. The molecule has 0 fully saturated rings. The van der Waals surface area contributed by atoms with Crippen molar-refractivity contribution in [3.8, 4) is 0 Å². The third-order valence-corrected chi connectivity index (χ3v) is 4.70. The lowest BCUT2D eigenvalue weighted by atomic mass is 9.82. The average Bonchev–Trinajstić information content (AvgIpc) is 2.80. The highest BCUT2D eigenvalue weighted by atomic mass is 32.1. The zero-order chi connectivity index (χ0) is 14.8. The lowest BCUT2D eigenvalue weighted by Crippen LogP contribution is -2.51. The van der Waals surface area contributed by atoms with Crippen LogP contribution >= 0.6 is 11.3 Å². The summed E-state index contributed by atoms with van der Waals surface area (Å²) in [7, 11) is 1.76. The molecule has 3 N–H and O–H groups in total. The zero-order valence-electron chi connectivity index (χ0n) is 12.6. The van der Waals surface area contributed by atoms with E-state index in [1.54, 1.807) is 18.4 Å².